The summed E-state index contributed by atoms with van der Waals surface area (Å²) in [6, 6.07) is 0.101. The molecule has 0 fully saturated rings. The Labute approximate surface area is 105 Å². The van der Waals surface area contributed by atoms with Crippen LogP contribution < -0.4 is 10.6 Å². The Kier molecular flexibility index (Phi) is 5.96. The third-order valence-corrected chi connectivity index (χ3v) is 2.09. The molecule has 102 valence electrons. The topological polar surface area (TPSA) is 50.4 Å². The van der Waals surface area contributed by atoms with Crippen LogP contribution in [0.5, 0.6) is 0 Å². The minimum absolute atomic E-state index is 0.0586. The maximum absolute atomic E-state index is 11.6. The van der Waals surface area contributed by atoms with E-state index in [0.717, 1.165) is 13.0 Å². The number of carbonyl (C=O) groups is 1. The van der Waals surface area contributed by atoms with Crippen LogP contribution in [-0.2, 0) is 4.74 Å². The molecule has 0 heterocycles. The molecule has 0 aromatic rings. The molecule has 4 nitrogen and oxygen atoms in total. The lowest BCUT2D eigenvalue weighted by Gasteiger charge is -2.26. The fourth-order valence-electron chi connectivity index (χ4n) is 1.20. The van der Waals surface area contributed by atoms with E-state index in [-0.39, 0.29) is 17.7 Å². The van der Waals surface area contributed by atoms with Crippen molar-refractivity contribution in [2.45, 2.75) is 72.1 Å². The summed E-state index contributed by atoms with van der Waals surface area (Å²) in [5.41, 5.74) is -0.386. The SMILES string of the molecule is CCC(CNC(C)(C)C)NC(=O)OC(C)(C)C. The van der Waals surface area contributed by atoms with Crippen molar-refractivity contribution in [2.24, 2.45) is 0 Å². The zero-order valence-electron chi connectivity index (χ0n) is 12.3. The maximum Gasteiger partial charge on any atom is 0.407 e. The van der Waals surface area contributed by atoms with Gasteiger partial charge in [0.15, 0.2) is 0 Å². The predicted octanol–water partition coefficient (Wildman–Crippen LogP) is 2.68. The van der Waals surface area contributed by atoms with Crippen LogP contribution in [0.1, 0.15) is 54.9 Å². The first-order valence-electron chi connectivity index (χ1n) is 6.28. The van der Waals surface area contributed by atoms with Gasteiger partial charge in [-0.2, -0.15) is 0 Å². The van der Waals surface area contributed by atoms with Gasteiger partial charge in [0, 0.05) is 18.1 Å². The molecule has 0 bridgehead atoms. The van der Waals surface area contributed by atoms with E-state index >= 15 is 0 Å². The fourth-order valence-corrected chi connectivity index (χ4v) is 1.20. The Morgan fingerprint density at radius 3 is 2.06 bits per heavy atom. The lowest BCUT2D eigenvalue weighted by Crippen LogP contribution is -2.48. The molecule has 0 aliphatic carbocycles. The summed E-state index contributed by atoms with van der Waals surface area (Å²) in [4.78, 5) is 11.6. The van der Waals surface area contributed by atoms with E-state index in [1.807, 2.05) is 27.7 Å². The van der Waals surface area contributed by atoms with Crippen molar-refractivity contribution in [2.75, 3.05) is 6.54 Å². The quantitative estimate of drug-likeness (QED) is 0.799. The van der Waals surface area contributed by atoms with Gasteiger partial charge >= 0.3 is 6.09 Å². The minimum atomic E-state index is -0.445. The first-order chi connectivity index (χ1) is 7.53. The van der Waals surface area contributed by atoms with Crippen LogP contribution in [0.2, 0.25) is 0 Å². The van der Waals surface area contributed by atoms with Crippen LogP contribution in [0.25, 0.3) is 0 Å². The zero-order valence-corrected chi connectivity index (χ0v) is 12.3. The number of ether oxygens (including phenoxy) is 1. The molecule has 0 rings (SSSR count). The molecule has 0 saturated heterocycles. The van der Waals surface area contributed by atoms with Crippen molar-refractivity contribution in [3.63, 3.8) is 0 Å². The second-order valence-corrected chi connectivity index (χ2v) is 6.38. The maximum atomic E-state index is 11.6. The van der Waals surface area contributed by atoms with Gasteiger partial charge in [-0.15, -0.1) is 0 Å². The fraction of sp³-hybridized carbons (Fsp3) is 0.923. The van der Waals surface area contributed by atoms with Crippen molar-refractivity contribution < 1.29 is 9.53 Å². The average molecular weight is 244 g/mol. The lowest BCUT2D eigenvalue weighted by molar-refractivity contribution is 0.0500. The highest BCUT2D eigenvalue weighted by molar-refractivity contribution is 5.68. The van der Waals surface area contributed by atoms with Gasteiger partial charge in [0.25, 0.3) is 0 Å². The predicted molar refractivity (Wildman–Crippen MR) is 71.2 cm³/mol. The van der Waals surface area contributed by atoms with Gasteiger partial charge in [-0.1, -0.05) is 6.92 Å². The first kappa shape index (κ1) is 16.2. The van der Waals surface area contributed by atoms with Gasteiger partial charge < -0.3 is 15.4 Å². The number of carbonyl (C=O) groups excluding carboxylic acids is 1. The number of rotatable bonds is 4. The van der Waals surface area contributed by atoms with Gasteiger partial charge in [0.1, 0.15) is 5.60 Å². The molecule has 2 N–H and O–H groups in total. The van der Waals surface area contributed by atoms with E-state index in [4.69, 9.17) is 4.74 Å². The van der Waals surface area contributed by atoms with Gasteiger partial charge in [-0.25, -0.2) is 4.79 Å². The molecule has 0 saturated carbocycles. The molecule has 1 atom stereocenters. The third-order valence-electron chi connectivity index (χ3n) is 2.09. The normalized spacial score (nSPS) is 14.3. The molecule has 1 amide bonds. The van der Waals surface area contributed by atoms with Crippen LogP contribution >= 0.6 is 0 Å². The monoisotopic (exact) mass is 244 g/mol. The first-order valence-corrected chi connectivity index (χ1v) is 6.28. The molecule has 0 aliphatic heterocycles. The van der Waals surface area contributed by atoms with Gasteiger partial charge in [-0.3, -0.25) is 0 Å². The highest BCUT2D eigenvalue weighted by Gasteiger charge is 2.19. The van der Waals surface area contributed by atoms with E-state index in [1.165, 1.54) is 0 Å². The Balaban J connectivity index is 4.09. The standard InChI is InChI=1S/C13H28N2O2/c1-8-10(9-14-12(2,3)4)15-11(16)17-13(5,6)7/h10,14H,8-9H2,1-7H3,(H,15,16). The second-order valence-electron chi connectivity index (χ2n) is 6.38. The van der Waals surface area contributed by atoms with Crippen molar-refractivity contribution in [1.29, 1.82) is 0 Å². The third kappa shape index (κ3) is 10.1. The van der Waals surface area contributed by atoms with E-state index in [0.29, 0.717) is 0 Å². The van der Waals surface area contributed by atoms with Crippen molar-refractivity contribution in [3.8, 4) is 0 Å². The van der Waals surface area contributed by atoms with Crippen molar-refractivity contribution >= 4 is 6.09 Å². The van der Waals surface area contributed by atoms with Gasteiger partial charge in [0.05, 0.1) is 0 Å². The molecular formula is C13H28N2O2. The van der Waals surface area contributed by atoms with Crippen LogP contribution in [0.15, 0.2) is 0 Å². The Hall–Kier alpha value is -0.770. The summed E-state index contributed by atoms with van der Waals surface area (Å²) in [5.74, 6) is 0. The van der Waals surface area contributed by atoms with Gasteiger partial charge in [-0.05, 0) is 48.0 Å². The summed E-state index contributed by atoms with van der Waals surface area (Å²) >= 11 is 0. The molecule has 0 aliphatic rings. The molecule has 0 radical (unpaired) electrons. The van der Waals surface area contributed by atoms with Crippen LogP contribution in [0.4, 0.5) is 4.79 Å². The summed E-state index contributed by atoms with van der Waals surface area (Å²) in [6.07, 6.45) is 0.530. The summed E-state index contributed by atoms with van der Waals surface area (Å²) < 4.78 is 5.22. The zero-order chi connectivity index (χ0) is 13.7. The molecular weight excluding hydrogens is 216 g/mol. The van der Waals surface area contributed by atoms with Crippen LogP contribution in [-0.4, -0.2) is 29.8 Å². The Morgan fingerprint density at radius 1 is 1.18 bits per heavy atom. The largest absolute Gasteiger partial charge is 0.444 e. The Bertz CT molecular complexity index is 239. The second kappa shape index (κ2) is 6.24. The number of hydrogen-bond donors (Lipinski definition) is 2. The molecule has 0 spiro atoms. The molecule has 0 aromatic carbocycles. The highest BCUT2D eigenvalue weighted by Crippen LogP contribution is 2.07. The smallest absolute Gasteiger partial charge is 0.407 e. The summed E-state index contributed by atoms with van der Waals surface area (Å²) in [7, 11) is 0. The average Bonchev–Trinajstić information content (AvgIpc) is 2.07. The summed E-state index contributed by atoms with van der Waals surface area (Å²) in [6.45, 7) is 14.7. The number of hydrogen-bond acceptors (Lipinski definition) is 3. The summed E-state index contributed by atoms with van der Waals surface area (Å²) in [5, 5.41) is 6.24. The molecule has 1 unspecified atom stereocenters. The van der Waals surface area contributed by atoms with Crippen LogP contribution in [0, 0.1) is 0 Å². The number of nitrogens with one attached hydrogen (secondary N) is 2. The number of amides is 1. The van der Waals surface area contributed by atoms with Crippen molar-refractivity contribution in [1.82, 2.24) is 10.6 Å². The highest BCUT2D eigenvalue weighted by atomic mass is 16.6. The van der Waals surface area contributed by atoms with E-state index < -0.39 is 5.60 Å². The molecule has 4 heteroatoms. The van der Waals surface area contributed by atoms with E-state index in [9.17, 15) is 4.79 Å². The molecule has 17 heavy (non-hydrogen) atoms. The lowest BCUT2D eigenvalue weighted by atomic mass is 10.1. The van der Waals surface area contributed by atoms with E-state index in [2.05, 4.69) is 31.4 Å². The number of alkyl carbamates (subject to hydrolysis) is 1. The van der Waals surface area contributed by atoms with Crippen LogP contribution in [0.3, 0.4) is 0 Å². The minimum Gasteiger partial charge on any atom is -0.444 e. The van der Waals surface area contributed by atoms with Gasteiger partial charge in [0.2, 0.25) is 0 Å². The Morgan fingerprint density at radius 2 is 1.71 bits per heavy atom. The molecule has 0 aromatic heterocycles. The van der Waals surface area contributed by atoms with Crippen molar-refractivity contribution in [3.05, 3.63) is 0 Å². The van der Waals surface area contributed by atoms with E-state index in [1.54, 1.807) is 0 Å².